The summed E-state index contributed by atoms with van der Waals surface area (Å²) in [7, 11) is 0. The summed E-state index contributed by atoms with van der Waals surface area (Å²) in [4.78, 5) is 0. The highest BCUT2D eigenvalue weighted by Crippen LogP contribution is 2.37. The summed E-state index contributed by atoms with van der Waals surface area (Å²) in [6.45, 7) is 10.5. The molecule has 3 heteroatoms. The Morgan fingerprint density at radius 3 is 2.54 bits per heavy atom. The van der Waals surface area contributed by atoms with E-state index in [2.05, 4.69) is 20.4 Å². The maximum absolute atomic E-state index is 6.07. The van der Waals surface area contributed by atoms with Crippen LogP contribution in [0.15, 0.2) is 12.2 Å². The largest absolute Gasteiger partial charge is 0.323 e. The van der Waals surface area contributed by atoms with Gasteiger partial charge in [0.15, 0.2) is 0 Å². The van der Waals surface area contributed by atoms with Gasteiger partial charge >= 0.3 is 0 Å². The Morgan fingerprint density at radius 1 is 1.46 bits per heavy atom. The minimum Gasteiger partial charge on any atom is -0.323 e. The highest BCUT2D eigenvalue weighted by atomic mass is 32.2. The highest BCUT2D eigenvalue weighted by Gasteiger charge is 2.29. The molecule has 0 aromatic heterocycles. The van der Waals surface area contributed by atoms with Crippen LogP contribution in [0.3, 0.4) is 0 Å². The van der Waals surface area contributed by atoms with Crippen molar-refractivity contribution in [3.8, 4) is 0 Å². The maximum atomic E-state index is 6.07. The van der Waals surface area contributed by atoms with Crippen molar-refractivity contribution < 1.29 is 0 Å². The van der Waals surface area contributed by atoms with E-state index in [0.717, 1.165) is 10.8 Å². The number of nitrogens with two attached hydrogens (primary N) is 1. The molecule has 0 bridgehead atoms. The summed E-state index contributed by atoms with van der Waals surface area (Å²) in [5.41, 5.74) is 7.18. The molecule has 0 radical (unpaired) electrons. The zero-order valence-corrected chi connectivity index (χ0v) is 10.3. The zero-order valence-electron chi connectivity index (χ0n) is 8.62. The van der Waals surface area contributed by atoms with Gasteiger partial charge in [-0.1, -0.05) is 26.0 Å². The SMILES string of the molecule is C=C(C)C(N)C1CSC(C)C(C)S1. The van der Waals surface area contributed by atoms with Crippen molar-refractivity contribution in [1.29, 1.82) is 0 Å². The fourth-order valence-corrected chi connectivity index (χ4v) is 4.44. The van der Waals surface area contributed by atoms with Gasteiger partial charge < -0.3 is 5.73 Å². The van der Waals surface area contributed by atoms with Crippen molar-refractivity contribution in [2.45, 2.75) is 42.6 Å². The van der Waals surface area contributed by atoms with Crippen molar-refractivity contribution in [1.82, 2.24) is 0 Å². The van der Waals surface area contributed by atoms with Crippen LogP contribution in [0.5, 0.6) is 0 Å². The highest BCUT2D eigenvalue weighted by molar-refractivity contribution is 8.07. The molecule has 13 heavy (non-hydrogen) atoms. The van der Waals surface area contributed by atoms with Gasteiger partial charge in [0.25, 0.3) is 0 Å². The molecule has 0 aromatic rings. The molecule has 1 heterocycles. The van der Waals surface area contributed by atoms with E-state index in [1.165, 1.54) is 5.75 Å². The van der Waals surface area contributed by atoms with Crippen LogP contribution in [0.1, 0.15) is 20.8 Å². The molecule has 0 saturated carbocycles. The average molecular weight is 217 g/mol. The van der Waals surface area contributed by atoms with Gasteiger partial charge in [0, 0.05) is 27.5 Å². The molecule has 0 aromatic carbocycles. The normalized spacial score (nSPS) is 37.1. The van der Waals surface area contributed by atoms with Gasteiger partial charge in [-0.2, -0.15) is 23.5 Å². The molecule has 76 valence electrons. The molecule has 1 aliphatic heterocycles. The van der Waals surface area contributed by atoms with Gasteiger partial charge in [0.05, 0.1) is 0 Å². The lowest BCUT2D eigenvalue weighted by Crippen LogP contribution is -2.40. The molecule has 1 saturated heterocycles. The Bertz CT molecular complexity index is 193. The molecule has 1 fully saturated rings. The summed E-state index contributed by atoms with van der Waals surface area (Å²) in [6, 6.07) is 0.174. The van der Waals surface area contributed by atoms with Gasteiger partial charge in [-0.3, -0.25) is 0 Å². The first-order valence-corrected chi connectivity index (χ1v) is 6.69. The van der Waals surface area contributed by atoms with Crippen molar-refractivity contribution in [3.63, 3.8) is 0 Å². The molecule has 1 aliphatic rings. The fourth-order valence-electron chi connectivity index (χ4n) is 1.31. The molecular weight excluding hydrogens is 198 g/mol. The smallest absolute Gasteiger partial charge is 0.0377 e. The van der Waals surface area contributed by atoms with Crippen LogP contribution in [-0.2, 0) is 0 Å². The zero-order chi connectivity index (χ0) is 10.0. The van der Waals surface area contributed by atoms with E-state index in [0.29, 0.717) is 10.5 Å². The van der Waals surface area contributed by atoms with Crippen LogP contribution >= 0.6 is 23.5 Å². The van der Waals surface area contributed by atoms with Gasteiger partial charge in [0.1, 0.15) is 0 Å². The molecule has 0 spiro atoms. The van der Waals surface area contributed by atoms with Crippen LogP contribution in [0.2, 0.25) is 0 Å². The summed E-state index contributed by atoms with van der Waals surface area (Å²) in [5, 5.41) is 2.04. The third-order valence-corrected chi connectivity index (χ3v) is 6.06. The molecular formula is C10H19NS2. The monoisotopic (exact) mass is 217 g/mol. The van der Waals surface area contributed by atoms with Gasteiger partial charge in [0.2, 0.25) is 0 Å². The van der Waals surface area contributed by atoms with Crippen LogP contribution in [0, 0.1) is 0 Å². The predicted octanol–water partition coefficient (Wildman–Crippen LogP) is 2.52. The molecule has 0 amide bonds. The van der Waals surface area contributed by atoms with Gasteiger partial charge in [-0.25, -0.2) is 0 Å². The second-order valence-corrected chi connectivity index (χ2v) is 6.82. The van der Waals surface area contributed by atoms with Crippen LogP contribution in [0.25, 0.3) is 0 Å². The molecule has 1 rings (SSSR count). The minimum atomic E-state index is 0.174. The van der Waals surface area contributed by atoms with E-state index in [1.807, 2.05) is 30.4 Å². The Kier molecular flexibility index (Phi) is 4.20. The van der Waals surface area contributed by atoms with Crippen molar-refractivity contribution >= 4 is 23.5 Å². The lowest BCUT2D eigenvalue weighted by molar-refractivity contribution is 0.747. The quantitative estimate of drug-likeness (QED) is 0.720. The summed E-state index contributed by atoms with van der Waals surface area (Å²) >= 11 is 4.06. The molecule has 4 unspecified atom stereocenters. The summed E-state index contributed by atoms with van der Waals surface area (Å²) in [6.07, 6.45) is 0. The topological polar surface area (TPSA) is 26.0 Å². The molecule has 2 N–H and O–H groups in total. The second kappa shape index (κ2) is 4.76. The van der Waals surface area contributed by atoms with Crippen molar-refractivity contribution in [3.05, 3.63) is 12.2 Å². The van der Waals surface area contributed by atoms with Gasteiger partial charge in [-0.15, -0.1) is 0 Å². The first-order chi connectivity index (χ1) is 6.02. The maximum Gasteiger partial charge on any atom is 0.0377 e. The molecule has 0 aliphatic carbocycles. The van der Waals surface area contributed by atoms with Crippen LogP contribution < -0.4 is 5.73 Å². The number of rotatable bonds is 2. The first kappa shape index (κ1) is 11.5. The van der Waals surface area contributed by atoms with E-state index in [-0.39, 0.29) is 6.04 Å². The Morgan fingerprint density at radius 2 is 2.08 bits per heavy atom. The van der Waals surface area contributed by atoms with Crippen LogP contribution in [-0.4, -0.2) is 27.5 Å². The van der Waals surface area contributed by atoms with E-state index >= 15 is 0 Å². The number of hydrogen-bond acceptors (Lipinski definition) is 3. The lowest BCUT2D eigenvalue weighted by atomic mass is 10.1. The van der Waals surface area contributed by atoms with E-state index < -0.39 is 0 Å². The molecule has 4 atom stereocenters. The lowest BCUT2D eigenvalue weighted by Gasteiger charge is -2.34. The predicted molar refractivity (Wildman–Crippen MR) is 65.6 cm³/mol. The minimum absolute atomic E-state index is 0.174. The third-order valence-electron chi connectivity index (χ3n) is 2.54. The van der Waals surface area contributed by atoms with E-state index in [1.54, 1.807) is 0 Å². The number of thioether (sulfide) groups is 2. The fraction of sp³-hybridized carbons (Fsp3) is 0.800. The summed E-state index contributed by atoms with van der Waals surface area (Å²) in [5.74, 6) is 1.17. The van der Waals surface area contributed by atoms with Gasteiger partial charge in [-0.05, 0) is 6.92 Å². The second-order valence-electron chi connectivity index (χ2n) is 3.79. The third kappa shape index (κ3) is 2.93. The Hall–Kier alpha value is 0.400. The van der Waals surface area contributed by atoms with E-state index in [9.17, 15) is 0 Å². The first-order valence-electron chi connectivity index (χ1n) is 4.70. The van der Waals surface area contributed by atoms with Crippen molar-refractivity contribution in [2.24, 2.45) is 5.73 Å². The van der Waals surface area contributed by atoms with Crippen LogP contribution in [0.4, 0.5) is 0 Å². The average Bonchev–Trinajstić information content (AvgIpc) is 2.08. The van der Waals surface area contributed by atoms with E-state index in [4.69, 9.17) is 5.73 Å². The number of hydrogen-bond donors (Lipinski definition) is 1. The Labute approximate surface area is 89.9 Å². The Balaban J connectivity index is 2.50. The van der Waals surface area contributed by atoms with Crippen molar-refractivity contribution in [2.75, 3.05) is 5.75 Å². The standard InChI is InChI=1S/C10H19NS2/c1-6(2)10(11)9-5-12-7(3)8(4)13-9/h7-10H,1,5,11H2,2-4H3. The summed E-state index contributed by atoms with van der Waals surface area (Å²) < 4.78 is 0. The molecule has 1 nitrogen and oxygen atoms in total.